The smallest absolute Gasteiger partial charge is 0.269 e. The first-order valence-corrected chi connectivity index (χ1v) is 8.80. The Morgan fingerprint density at radius 2 is 2.12 bits per heavy atom. The van der Waals surface area contributed by atoms with Crippen molar-refractivity contribution in [1.29, 1.82) is 0 Å². The number of nitrogens with one attached hydrogen (secondary N) is 1. The van der Waals surface area contributed by atoms with Gasteiger partial charge in [0.15, 0.2) is 0 Å². The fraction of sp³-hybridized carbons (Fsp3) is 0.421. The zero-order chi connectivity index (χ0) is 17.6. The molecule has 1 fully saturated rings. The van der Waals surface area contributed by atoms with Crippen LogP contribution in [0.15, 0.2) is 47.5 Å². The SMILES string of the molecule is CCN1CCC[C@@H]1CNC(=O)Cn1cc(-c2ccccc2)ncc1=O. The van der Waals surface area contributed by atoms with Crippen LogP contribution >= 0.6 is 0 Å². The lowest BCUT2D eigenvalue weighted by Gasteiger charge is -2.22. The minimum absolute atomic E-state index is 0.0139. The van der Waals surface area contributed by atoms with E-state index in [1.165, 1.54) is 17.2 Å². The van der Waals surface area contributed by atoms with Crippen LogP contribution in [0.3, 0.4) is 0 Å². The lowest BCUT2D eigenvalue weighted by molar-refractivity contribution is -0.121. The van der Waals surface area contributed by atoms with Gasteiger partial charge in [-0.25, -0.2) is 4.98 Å². The minimum Gasteiger partial charge on any atom is -0.353 e. The molecule has 1 aliphatic rings. The third kappa shape index (κ3) is 4.33. The van der Waals surface area contributed by atoms with Crippen molar-refractivity contribution in [2.24, 2.45) is 0 Å². The van der Waals surface area contributed by atoms with E-state index in [2.05, 4.69) is 22.1 Å². The van der Waals surface area contributed by atoms with E-state index in [4.69, 9.17) is 0 Å². The van der Waals surface area contributed by atoms with Gasteiger partial charge in [0.2, 0.25) is 5.91 Å². The van der Waals surface area contributed by atoms with Gasteiger partial charge < -0.3 is 9.88 Å². The summed E-state index contributed by atoms with van der Waals surface area (Å²) in [7, 11) is 0. The Hall–Kier alpha value is -2.47. The molecule has 2 aromatic rings. The lowest BCUT2D eigenvalue weighted by atomic mass is 10.2. The van der Waals surface area contributed by atoms with Crippen molar-refractivity contribution >= 4 is 5.91 Å². The molecule has 1 N–H and O–H groups in total. The first-order chi connectivity index (χ1) is 12.2. The van der Waals surface area contributed by atoms with Gasteiger partial charge >= 0.3 is 0 Å². The number of hydrogen-bond donors (Lipinski definition) is 1. The molecule has 0 spiro atoms. The zero-order valence-electron chi connectivity index (χ0n) is 14.5. The molecule has 0 saturated carbocycles. The molecule has 6 nitrogen and oxygen atoms in total. The average Bonchev–Trinajstić information content (AvgIpc) is 3.10. The second kappa shape index (κ2) is 8.07. The second-order valence-electron chi connectivity index (χ2n) is 6.33. The van der Waals surface area contributed by atoms with Gasteiger partial charge in [0.1, 0.15) is 6.54 Å². The van der Waals surface area contributed by atoms with Gasteiger partial charge in [-0.1, -0.05) is 37.3 Å². The molecular weight excluding hydrogens is 316 g/mol. The molecule has 6 heteroatoms. The highest BCUT2D eigenvalue weighted by Gasteiger charge is 2.23. The molecular formula is C19H24N4O2. The summed E-state index contributed by atoms with van der Waals surface area (Å²) in [5.41, 5.74) is 1.33. The first kappa shape index (κ1) is 17.4. The van der Waals surface area contributed by atoms with Crippen molar-refractivity contribution < 1.29 is 4.79 Å². The van der Waals surface area contributed by atoms with Crippen LogP contribution in [0.4, 0.5) is 0 Å². The molecule has 1 amide bonds. The molecule has 0 bridgehead atoms. The predicted octanol–water partition coefficient (Wildman–Crippen LogP) is 1.51. The van der Waals surface area contributed by atoms with E-state index in [9.17, 15) is 9.59 Å². The number of carbonyl (C=O) groups is 1. The summed E-state index contributed by atoms with van der Waals surface area (Å²) in [6.45, 7) is 4.89. The fourth-order valence-corrected chi connectivity index (χ4v) is 3.31. The normalized spacial score (nSPS) is 17.6. The Kier molecular flexibility index (Phi) is 5.60. The van der Waals surface area contributed by atoms with Crippen molar-refractivity contribution in [3.63, 3.8) is 0 Å². The molecule has 3 rings (SSSR count). The van der Waals surface area contributed by atoms with E-state index in [0.717, 1.165) is 25.1 Å². The number of nitrogens with zero attached hydrogens (tertiary/aromatic N) is 3. The summed E-state index contributed by atoms with van der Waals surface area (Å²) in [5.74, 6) is -0.143. The van der Waals surface area contributed by atoms with E-state index in [0.29, 0.717) is 18.3 Å². The molecule has 1 saturated heterocycles. The number of likely N-dealkylation sites (N-methyl/N-ethyl adjacent to an activating group) is 1. The van der Waals surface area contributed by atoms with E-state index >= 15 is 0 Å². The highest BCUT2D eigenvalue weighted by Crippen LogP contribution is 2.16. The number of amides is 1. The third-order valence-electron chi connectivity index (χ3n) is 4.70. The Morgan fingerprint density at radius 3 is 2.88 bits per heavy atom. The van der Waals surface area contributed by atoms with Crippen LogP contribution in [0, 0.1) is 0 Å². The molecule has 25 heavy (non-hydrogen) atoms. The maximum atomic E-state index is 12.3. The molecule has 0 unspecified atom stereocenters. The molecule has 1 atom stereocenters. The van der Waals surface area contributed by atoms with Gasteiger partial charge in [-0.2, -0.15) is 0 Å². The Labute approximate surface area is 147 Å². The van der Waals surface area contributed by atoms with Gasteiger partial charge in [0.05, 0.1) is 11.9 Å². The summed E-state index contributed by atoms with van der Waals surface area (Å²) in [6.07, 6.45) is 5.21. The van der Waals surface area contributed by atoms with E-state index in [1.54, 1.807) is 6.20 Å². The Bertz CT molecular complexity index is 772. The summed E-state index contributed by atoms with van der Waals surface area (Å²) in [6, 6.07) is 10.0. The number of aromatic nitrogens is 2. The van der Waals surface area contributed by atoms with Gasteiger partial charge in [-0.3, -0.25) is 14.5 Å². The fourth-order valence-electron chi connectivity index (χ4n) is 3.31. The van der Waals surface area contributed by atoms with Gasteiger partial charge in [-0.05, 0) is 25.9 Å². The Morgan fingerprint density at radius 1 is 1.32 bits per heavy atom. The van der Waals surface area contributed by atoms with E-state index < -0.39 is 0 Å². The maximum absolute atomic E-state index is 12.3. The molecule has 0 aliphatic carbocycles. The van der Waals surface area contributed by atoms with Gasteiger partial charge in [0, 0.05) is 24.3 Å². The highest BCUT2D eigenvalue weighted by molar-refractivity contribution is 5.75. The number of benzene rings is 1. The largest absolute Gasteiger partial charge is 0.353 e. The standard InChI is InChI=1S/C19H24N4O2/c1-2-22-10-6-9-16(22)11-21-18(24)14-23-13-17(20-12-19(23)25)15-7-4-3-5-8-15/h3-5,7-8,12-13,16H,2,6,9-11,14H2,1H3,(H,21,24)/t16-/m1/s1. The van der Waals surface area contributed by atoms with E-state index in [-0.39, 0.29) is 18.0 Å². The van der Waals surface area contributed by atoms with Gasteiger partial charge in [-0.15, -0.1) is 0 Å². The molecule has 1 aliphatic heterocycles. The molecule has 132 valence electrons. The minimum atomic E-state index is -0.272. The summed E-state index contributed by atoms with van der Waals surface area (Å²) in [5, 5.41) is 2.96. The van der Waals surface area contributed by atoms with Crippen LogP contribution < -0.4 is 10.9 Å². The second-order valence-corrected chi connectivity index (χ2v) is 6.33. The first-order valence-electron chi connectivity index (χ1n) is 8.80. The number of rotatable bonds is 6. The number of hydrogen-bond acceptors (Lipinski definition) is 4. The monoisotopic (exact) mass is 340 g/mol. The molecule has 1 aromatic carbocycles. The van der Waals surface area contributed by atoms with Crippen LogP contribution in [-0.4, -0.2) is 46.0 Å². The molecule has 0 radical (unpaired) electrons. The summed E-state index contributed by atoms with van der Waals surface area (Å²) < 4.78 is 1.41. The zero-order valence-corrected chi connectivity index (χ0v) is 14.5. The maximum Gasteiger partial charge on any atom is 0.269 e. The quantitative estimate of drug-likeness (QED) is 0.866. The van der Waals surface area contributed by atoms with E-state index in [1.807, 2.05) is 30.3 Å². The molecule has 1 aromatic heterocycles. The average molecular weight is 340 g/mol. The van der Waals surface area contributed by atoms with Crippen LogP contribution in [0.5, 0.6) is 0 Å². The highest BCUT2D eigenvalue weighted by atomic mass is 16.2. The van der Waals surface area contributed by atoms with Crippen molar-refractivity contribution in [2.75, 3.05) is 19.6 Å². The summed E-state index contributed by atoms with van der Waals surface area (Å²) >= 11 is 0. The van der Waals surface area contributed by atoms with Crippen LogP contribution in [0.25, 0.3) is 11.3 Å². The van der Waals surface area contributed by atoms with Crippen LogP contribution in [-0.2, 0) is 11.3 Å². The van der Waals surface area contributed by atoms with Crippen molar-refractivity contribution in [3.05, 3.63) is 53.1 Å². The molecule has 2 heterocycles. The van der Waals surface area contributed by atoms with Crippen LogP contribution in [0.1, 0.15) is 19.8 Å². The van der Waals surface area contributed by atoms with Gasteiger partial charge in [0.25, 0.3) is 5.56 Å². The predicted molar refractivity (Wildman–Crippen MR) is 97.2 cm³/mol. The Balaban J connectivity index is 1.64. The topological polar surface area (TPSA) is 67.2 Å². The van der Waals surface area contributed by atoms with Crippen molar-refractivity contribution in [3.8, 4) is 11.3 Å². The summed E-state index contributed by atoms with van der Waals surface area (Å²) in [4.78, 5) is 30.8. The number of likely N-dealkylation sites (tertiary alicyclic amines) is 1. The van der Waals surface area contributed by atoms with Crippen molar-refractivity contribution in [1.82, 2.24) is 19.8 Å². The van der Waals surface area contributed by atoms with Crippen molar-refractivity contribution in [2.45, 2.75) is 32.4 Å². The number of carbonyl (C=O) groups excluding carboxylic acids is 1. The van der Waals surface area contributed by atoms with Crippen LogP contribution in [0.2, 0.25) is 0 Å². The third-order valence-corrected chi connectivity index (χ3v) is 4.70. The lowest BCUT2D eigenvalue weighted by Crippen LogP contribution is -2.41.